The second-order valence-corrected chi connectivity index (χ2v) is 6.42. The smallest absolute Gasteiger partial charge is 0.253 e. The van der Waals surface area contributed by atoms with Crippen LogP contribution in [0.3, 0.4) is 0 Å². The van der Waals surface area contributed by atoms with E-state index in [1.165, 1.54) is 5.56 Å². The molecule has 0 radical (unpaired) electrons. The third-order valence-electron chi connectivity index (χ3n) is 4.11. The fourth-order valence-electron chi connectivity index (χ4n) is 2.78. The maximum Gasteiger partial charge on any atom is 0.253 e. The molecule has 4 heteroatoms. The van der Waals surface area contributed by atoms with E-state index in [0.29, 0.717) is 16.1 Å². The molecule has 0 aliphatic heterocycles. The number of rotatable bonds is 2. The molecule has 0 aliphatic carbocycles. The number of benzene rings is 2. The van der Waals surface area contributed by atoms with Crippen molar-refractivity contribution in [2.24, 2.45) is 0 Å². The van der Waals surface area contributed by atoms with E-state index < -0.39 is 5.24 Å². The second kappa shape index (κ2) is 5.95. The molecular weight excluding hydrogens is 329 g/mol. The Morgan fingerprint density at radius 2 is 1.61 bits per heavy atom. The average molecular weight is 344 g/mol. The lowest BCUT2D eigenvalue weighted by atomic mass is 9.96. The second-order valence-electron chi connectivity index (χ2n) is 5.67. The first-order valence-electron chi connectivity index (χ1n) is 7.26. The van der Waals surface area contributed by atoms with Gasteiger partial charge < -0.3 is 0 Å². The molecule has 2 nitrogen and oxygen atoms in total. The molecule has 2 aromatic carbocycles. The van der Waals surface area contributed by atoms with Gasteiger partial charge in [0.1, 0.15) is 0 Å². The topological polar surface area (TPSA) is 30.0 Å². The molecule has 116 valence electrons. The van der Waals surface area contributed by atoms with Gasteiger partial charge in [0.2, 0.25) is 0 Å². The van der Waals surface area contributed by atoms with Gasteiger partial charge >= 0.3 is 0 Å². The molecule has 0 bridgehead atoms. The summed E-state index contributed by atoms with van der Waals surface area (Å²) >= 11 is 12.1. The molecular formula is C19H15Cl2NO. The van der Waals surface area contributed by atoms with Crippen LogP contribution >= 0.6 is 23.2 Å². The highest BCUT2D eigenvalue weighted by Crippen LogP contribution is 2.34. The number of aromatic nitrogens is 1. The Morgan fingerprint density at radius 1 is 0.957 bits per heavy atom. The molecule has 0 N–H and O–H groups in total. The van der Waals surface area contributed by atoms with Crippen LogP contribution in [0.25, 0.3) is 22.2 Å². The molecule has 1 aromatic heterocycles. The Morgan fingerprint density at radius 3 is 2.22 bits per heavy atom. The van der Waals surface area contributed by atoms with Gasteiger partial charge in [0, 0.05) is 21.5 Å². The van der Waals surface area contributed by atoms with Crippen molar-refractivity contribution in [3.8, 4) is 11.3 Å². The summed E-state index contributed by atoms with van der Waals surface area (Å²) in [4.78, 5) is 16.8. The molecule has 0 atom stereocenters. The van der Waals surface area contributed by atoms with Crippen molar-refractivity contribution in [3.63, 3.8) is 0 Å². The highest BCUT2D eigenvalue weighted by Gasteiger charge is 2.19. The minimum Gasteiger partial charge on any atom is -0.276 e. The van der Waals surface area contributed by atoms with Crippen molar-refractivity contribution >= 4 is 39.3 Å². The number of carbonyl (C=O) groups excluding carboxylic acids is 1. The fourth-order valence-corrected chi connectivity index (χ4v) is 3.18. The summed E-state index contributed by atoms with van der Waals surface area (Å²) in [5.74, 6) is 0. The summed E-state index contributed by atoms with van der Waals surface area (Å²) in [6.07, 6.45) is 0. The van der Waals surface area contributed by atoms with Crippen LogP contribution < -0.4 is 0 Å². The zero-order valence-electron chi connectivity index (χ0n) is 13.1. The average Bonchev–Trinajstić information content (AvgIpc) is 2.51. The predicted octanol–water partition coefficient (Wildman–Crippen LogP) is 5.86. The normalized spacial score (nSPS) is 11.0. The first-order valence-corrected chi connectivity index (χ1v) is 8.02. The van der Waals surface area contributed by atoms with Crippen LogP contribution in [0.15, 0.2) is 36.4 Å². The highest BCUT2D eigenvalue weighted by molar-refractivity contribution is 6.69. The number of carbonyl (C=O) groups is 1. The molecule has 1 heterocycles. The molecule has 0 saturated carbocycles. The van der Waals surface area contributed by atoms with Gasteiger partial charge in [-0.1, -0.05) is 47.5 Å². The van der Waals surface area contributed by atoms with Gasteiger partial charge in [-0.2, -0.15) is 0 Å². The van der Waals surface area contributed by atoms with Crippen LogP contribution in [-0.2, 0) is 0 Å². The maximum absolute atomic E-state index is 12.0. The van der Waals surface area contributed by atoms with Crippen LogP contribution in [0.1, 0.15) is 27.0 Å². The van der Waals surface area contributed by atoms with E-state index >= 15 is 0 Å². The summed E-state index contributed by atoms with van der Waals surface area (Å²) in [6.45, 7) is 5.80. The number of hydrogen-bond donors (Lipinski definition) is 0. The Bertz CT molecular complexity index is 930. The Labute approximate surface area is 145 Å². The summed E-state index contributed by atoms with van der Waals surface area (Å²) in [5, 5.41) is 0.877. The van der Waals surface area contributed by atoms with Crippen molar-refractivity contribution < 1.29 is 4.79 Å². The molecule has 0 fully saturated rings. The van der Waals surface area contributed by atoms with Gasteiger partial charge in [-0.05, 0) is 49.6 Å². The van der Waals surface area contributed by atoms with Crippen LogP contribution in [0, 0.1) is 20.8 Å². The standard InChI is InChI=1S/C19H15Cl2NO/c1-10-4-6-13(7-5-10)17-12(3)16(19(21)23)14-8-9-15(20)11(2)18(14)22-17/h4-9H,1-3H3. The largest absolute Gasteiger partial charge is 0.276 e. The van der Waals surface area contributed by atoms with E-state index in [0.717, 1.165) is 27.8 Å². The van der Waals surface area contributed by atoms with E-state index in [1.54, 1.807) is 12.1 Å². The van der Waals surface area contributed by atoms with Crippen molar-refractivity contribution in [1.29, 1.82) is 0 Å². The van der Waals surface area contributed by atoms with Crippen LogP contribution in [0.4, 0.5) is 0 Å². The third kappa shape index (κ3) is 2.73. The number of nitrogens with zero attached hydrogens (tertiary/aromatic N) is 1. The Hall–Kier alpha value is -1.90. The van der Waals surface area contributed by atoms with Gasteiger partial charge in [0.15, 0.2) is 0 Å². The van der Waals surface area contributed by atoms with Gasteiger partial charge in [0.25, 0.3) is 5.24 Å². The van der Waals surface area contributed by atoms with Crippen molar-refractivity contribution in [2.75, 3.05) is 0 Å². The van der Waals surface area contributed by atoms with Crippen molar-refractivity contribution in [1.82, 2.24) is 4.98 Å². The number of hydrogen-bond acceptors (Lipinski definition) is 2. The van der Waals surface area contributed by atoms with Crippen LogP contribution in [0.5, 0.6) is 0 Å². The molecule has 3 rings (SSSR count). The van der Waals surface area contributed by atoms with Gasteiger partial charge in [-0.25, -0.2) is 4.98 Å². The summed E-state index contributed by atoms with van der Waals surface area (Å²) in [6, 6.07) is 11.6. The van der Waals surface area contributed by atoms with E-state index in [1.807, 2.05) is 45.0 Å². The molecule has 0 amide bonds. The summed E-state index contributed by atoms with van der Waals surface area (Å²) < 4.78 is 0. The lowest BCUT2D eigenvalue weighted by Gasteiger charge is -2.14. The fraction of sp³-hybridized carbons (Fsp3) is 0.158. The first-order chi connectivity index (χ1) is 10.9. The lowest BCUT2D eigenvalue weighted by Crippen LogP contribution is -2.02. The van der Waals surface area contributed by atoms with E-state index in [2.05, 4.69) is 0 Å². The monoisotopic (exact) mass is 343 g/mol. The third-order valence-corrected chi connectivity index (χ3v) is 4.71. The lowest BCUT2D eigenvalue weighted by molar-refractivity contribution is 0.108. The van der Waals surface area contributed by atoms with Crippen molar-refractivity contribution in [3.05, 3.63) is 63.7 Å². The molecule has 3 aromatic rings. The Balaban J connectivity index is 2.43. The van der Waals surface area contributed by atoms with E-state index in [9.17, 15) is 4.79 Å². The molecule has 0 aliphatic rings. The van der Waals surface area contributed by atoms with E-state index in [-0.39, 0.29) is 0 Å². The zero-order valence-corrected chi connectivity index (χ0v) is 14.6. The number of aryl methyl sites for hydroxylation is 2. The number of fused-ring (bicyclic) bond motifs is 1. The summed E-state index contributed by atoms with van der Waals surface area (Å²) in [7, 11) is 0. The SMILES string of the molecule is Cc1ccc(-c2nc3c(C)c(Cl)ccc3c(C(=O)Cl)c2C)cc1. The zero-order chi connectivity index (χ0) is 16.7. The molecule has 0 unspecified atom stereocenters. The first kappa shape index (κ1) is 16.0. The van der Waals surface area contributed by atoms with Crippen LogP contribution in [0.2, 0.25) is 5.02 Å². The molecule has 0 spiro atoms. The number of pyridine rings is 1. The molecule has 23 heavy (non-hydrogen) atoms. The number of halogens is 2. The van der Waals surface area contributed by atoms with Gasteiger partial charge in [-0.3, -0.25) is 4.79 Å². The maximum atomic E-state index is 12.0. The van der Waals surface area contributed by atoms with Crippen LogP contribution in [-0.4, -0.2) is 10.2 Å². The minimum atomic E-state index is -0.481. The molecule has 0 saturated heterocycles. The van der Waals surface area contributed by atoms with Crippen molar-refractivity contribution in [2.45, 2.75) is 20.8 Å². The van der Waals surface area contributed by atoms with Gasteiger partial charge in [-0.15, -0.1) is 0 Å². The highest BCUT2D eigenvalue weighted by atomic mass is 35.5. The minimum absolute atomic E-state index is 0.481. The van der Waals surface area contributed by atoms with E-state index in [4.69, 9.17) is 28.2 Å². The predicted molar refractivity (Wildman–Crippen MR) is 96.6 cm³/mol. The quantitative estimate of drug-likeness (QED) is 0.545. The van der Waals surface area contributed by atoms with Gasteiger partial charge in [0.05, 0.1) is 11.2 Å². The Kier molecular flexibility index (Phi) is 4.13. The summed E-state index contributed by atoms with van der Waals surface area (Å²) in [5.41, 5.74) is 5.70.